The molecule has 4 nitrogen and oxygen atoms in total. The fraction of sp³-hybridized carbons (Fsp3) is 0.118. The zero-order valence-electron chi connectivity index (χ0n) is 11.6. The van der Waals surface area contributed by atoms with Crippen molar-refractivity contribution in [3.63, 3.8) is 0 Å². The SMILES string of the molecule is COc1ccc(C(=O)Nc2cccc(C#CCO)c2)cc1. The zero-order valence-corrected chi connectivity index (χ0v) is 11.6. The van der Waals surface area contributed by atoms with Crippen molar-refractivity contribution >= 4 is 11.6 Å². The van der Waals surface area contributed by atoms with Gasteiger partial charge in [0.1, 0.15) is 12.4 Å². The van der Waals surface area contributed by atoms with Crippen molar-refractivity contribution in [1.82, 2.24) is 0 Å². The van der Waals surface area contributed by atoms with Crippen LogP contribution in [-0.2, 0) is 0 Å². The van der Waals surface area contributed by atoms with Crippen molar-refractivity contribution in [3.8, 4) is 17.6 Å². The molecule has 2 N–H and O–H groups in total. The summed E-state index contributed by atoms with van der Waals surface area (Å²) < 4.78 is 5.05. The van der Waals surface area contributed by atoms with E-state index in [1.165, 1.54) is 0 Å². The third-order valence-corrected chi connectivity index (χ3v) is 2.78. The summed E-state index contributed by atoms with van der Waals surface area (Å²) in [5, 5.41) is 11.5. The van der Waals surface area contributed by atoms with Crippen molar-refractivity contribution in [3.05, 3.63) is 59.7 Å². The number of carbonyl (C=O) groups excluding carboxylic acids is 1. The first-order chi connectivity index (χ1) is 10.2. The highest BCUT2D eigenvalue weighted by Crippen LogP contribution is 2.14. The Balaban J connectivity index is 2.11. The smallest absolute Gasteiger partial charge is 0.255 e. The molecule has 0 aliphatic carbocycles. The molecule has 0 aliphatic rings. The molecule has 2 aromatic carbocycles. The van der Waals surface area contributed by atoms with Gasteiger partial charge in [0, 0.05) is 16.8 Å². The minimum absolute atomic E-state index is 0.192. The van der Waals surface area contributed by atoms with E-state index in [2.05, 4.69) is 17.2 Å². The summed E-state index contributed by atoms with van der Waals surface area (Å²) in [5.41, 5.74) is 1.93. The van der Waals surface area contributed by atoms with Gasteiger partial charge >= 0.3 is 0 Å². The molecule has 21 heavy (non-hydrogen) atoms. The molecular formula is C17H15NO3. The highest BCUT2D eigenvalue weighted by molar-refractivity contribution is 6.04. The lowest BCUT2D eigenvalue weighted by atomic mass is 10.1. The first-order valence-electron chi connectivity index (χ1n) is 6.38. The summed E-state index contributed by atoms with van der Waals surface area (Å²) >= 11 is 0. The van der Waals surface area contributed by atoms with Gasteiger partial charge in [0.15, 0.2) is 0 Å². The predicted molar refractivity (Wildman–Crippen MR) is 81.4 cm³/mol. The lowest BCUT2D eigenvalue weighted by Crippen LogP contribution is -2.11. The Bertz CT molecular complexity index is 681. The third-order valence-electron chi connectivity index (χ3n) is 2.78. The number of ether oxygens (including phenoxy) is 1. The van der Waals surface area contributed by atoms with Crippen LogP contribution >= 0.6 is 0 Å². The molecule has 2 rings (SSSR count). The van der Waals surface area contributed by atoms with E-state index in [0.29, 0.717) is 17.0 Å². The second-order valence-corrected chi connectivity index (χ2v) is 4.22. The normalized spacial score (nSPS) is 9.43. The van der Waals surface area contributed by atoms with E-state index in [1.54, 1.807) is 49.6 Å². The first kappa shape index (κ1) is 14.6. The van der Waals surface area contributed by atoms with Gasteiger partial charge in [-0.05, 0) is 42.5 Å². The molecule has 0 radical (unpaired) electrons. The second-order valence-electron chi connectivity index (χ2n) is 4.22. The molecule has 0 heterocycles. The number of nitrogens with one attached hydrogen (secondary N) is 1. The van der Waals surface area contributed by atoms with Gasteiger partial charge in [0.25, 0.3) is 5.91 Å². The summed E-state index contributed by atoms with van der Waals surface area (Å²) in [7, 11) is 1.58. The van der Waals surface area contributed by atoms with Crippen molar-refractivity contribution in [2.75, 3.05) is 19.0 Å². The number of hydrogen-bond acceptors (Lipinski definition) is 3. The Morgan fingerprint density at radius 3 is 2.67 bits per heavy atom. The molecule has 1 amide bonds. The number of carbonyl (C=O) groups is 1. The lowest BCUT2D eigenvalue weighted by Gasteiger charge is -2.06. The molecule has 0 atom stereocenters. The number of aliphatic hydroxyl groups excluding tert-OH is 1. The fourth-order valence-electron chi connectivity index (χ4n) is 1.76. The number of hydrogen-bond donors (Lipinski definition) is 2. The number of benzene rings is 2. The van der Waals surface area contributed by atoms with E-state index in [1.807, 2.05) is 6.07 Å². The zero-order chi connectivity index (χ0) is 15.1. The van der Waals surface area contributed by atoms with E-state index in [9.17, 15) is 4.79 Å². The van der Waals surface area contributed by atoms with Crippen LogP contribution in [0.2, 0.25) is 0 Å². The molecule has 0 saturated heterocycles. The number of amides is 1. The minimum Gasteiger partial charge on any atom is -0.497 e. The molecule has 2 aromatic rings. The molecule has 0 aliphatic heterocycles. The number of aliphatic hydroxyl groups is 1. The summed E-state index contributed by atoms with van der Waals surface area (Å²) in [6.45, 7) is -0.192. The number of anilines is 1. The van der Waals surface area contributed by atoms with Gasteiger partial charge in [-0.3, -0.25) is 4.79 Å². The summed E-state index contributed by atoms with van der Waals surface area (Å²) in [6.07, 6.45) is 0. The highest BCUT2D eigenvalue weighted by Gasteiger charge is 2.06. The van der Waals surface area contributed by atoms with Crippen molar-refractivity contribution in [2.45, 2.75) is 0 Å². The predicted octanol–water partition coefficient (Wildman–Crippen LogP) is 2.29. The Morgan fingerprint density at radius 2 is 2.00 bits per heavy atom. The standard InChI is InChI=1S/C17H15NO3/c1-21-16-9-7-14(8-10-16)17(20)18-15-6-2-4-13(12-15)5-3-11-19/h2,4,6-10,12,19H,11H2,1H3,(H,18,20). The van der Waals surface area contributed by atoms with Gasteiger partial charge in [0.2, 0.25) is 0 Å². The van der Waals surface area contributed by atoms with Gasteiger partial charge in [-0.25, -0.2) is 0 Å². The van der Waals surface area contributed by atoms with E-state index < -0.39 is 0 Å². The topological polar surface area (TPSA) is 58.6 Å². The van der Waals surface area contributed by atoms with E-state index in [-0.39, 0.29) is 12.5 Å². The molecule has 0 unspecified atom stereocenters. The maximum Gasteiger partial charge on any atom is 0.255 e. The van der Waals surface area contributed by atoms with Crippen molar-refractivity contribution in [1.29, 1.82) is 0 Å². The van der Waals surface area contributed by atoms with E-state index in [4.69, 9.17) is 9.84 Å². The van der Waals surface area contributed by atoms with E-state index >= 15 is 0 Å². The number of rotatable bonds is 3. The van der Waals surface area contributed by atoms with Crippen LogP contribution in [0.15, 0.2) is 48.5 Å². The Hall–Kier alpha value is -2.77. The minimum atomic E-state index is -0.204. The Labute approximate surface area is 123 Å². The third kappa shape index (κ3) is 4.10. The lowest BCUT2D eigenvalue weighted by molar-refractivity contribution is 0.102. The molecule has 4 heteroatoms. The van der Waals surface area contributed by atoms with Gasteiger partial charge in [-0.1, -0.05) is 17.9 Å². The van der Waals surface area contributed by atoms with E-state index in [0.717, 1.165) is 5.56 Å². The van der Waals surface area contributed by atoms with Crippen LogP contribution in [0, 0.1) is 11.8 Å². The van der Waals surface area contributed by atoms with Gasteiger partial charge in [-0.2, -0.15) is 0 Å². The number of methoxy groups -OCH3 is 1. The monoisotopic (exact) mass is 281 g/mol. The average molecular weight is 281 g/mol. The van der Waals surface area contributed by atoms with Crippen LogP contribution in [0.3, 0.4) is 0 Å². The van der Waals surface area contributed by atoms with Crippen LogP contribution in [0.4, 0.5) is 5.69 Å². The first-order valence-corrected chi connectivity index (χ1v) is 6.38. The van der Waals surface area contributed by atoms with Crippen LogP contribution in [0.1, 0.15) is 15.9 Å². The quantitative estimate of drug-likeness (QED) is 0.849. The summed E-state index contributed by atoms with van der Waals surface area (Å²) in [4.78, 5) is 12.1. The average Bonchev–Trinajstić information content (AvgIpc) is 2.53. The fourth-order valence-corrected chi connectivity index (χ4v) is 1.76. The van der Waals surface area contributed by atoms with Crippen LogP contribution < -0.4 is 10.1 Å². The maximum absolute atomic E-state index is 12.1. The van der Waals surface area contributed by atoms with Gasteiger partial charge in [-0.15, -0.1) is 0 Å². The van der Waals surface area contributed by atoms with Crippen molar-refractivity contribution < 1.29 is 14.6 Å². The van der Waals surface area contributed by atoms with Crippen LogP contribution in [-0.4, -0.2) is 24.7 Å². The molecule has 0 aromatic heterocycles. The van der Waals surface area contributed by atoms with Gasteiger partial charge in [0.05, 0.1) is 7.11 Å². The summed E-state index contributed by atoms with van der Waals surface area (Å²) in [6, 6.07) is 14.0. The van der Waals surface area contributed by atoms with Gasteiger partial charge < -0.3 is 15.2 Å². The molecular weight excluding hydrogens is 266 g/mol. The van der Waals surface area contributed by atoms with Crippen LogP contribution in [0.25, 0.3) is 0 Å². The van der Waals surface area contributed by atoms with Crippen LogP contribution in [0.5, 0.6) is 5.75 Å². The Kier molecular flexibility index (Phi) is 4.97. The Morgan fingerprint density at radius 1 is 1.24 bits per heavy atom. The molecule has 0 bridgehead atoms. The highest BCUT2D eigenvalue weighted by atomic mass is 16.5. The maximum atomic E-state index is 12.1. The molecule has 0 fully saturated rings. The molecule has 0 saturated carbocycles. The summed E-state index contributed by atoms with van der Waals surface area (Å²) in [5.74, 6) is 5.86. The second kappa shape index (κ2) is 7.13. The molecule has 106 valence electrons. The largest absolute Gasteiger partial charge is 0.497 e. The molecule has 0 spiro atoms. The van der Waals surface area contributed by atoms with Crippen molar-refractivity contribution in [2.24, 2.45) is 0 Å².